The van der Waals surface area contributed by atoms with Crippen LogP contribution in [-0.4, -0.2) is 53.3 Å². The molecule has 0 atom stereocenters. The highest BCUT2D eigenvalue weighted by Gasteiger charge is 2.22. The van der Waals surface area contributed by atoms with Crippen molar-refractivity contribution in [3.8, 4) is 6.07 Å². The number of amides is 1. The van der Waals surface area contributed by atoms with Crippen LogP contribution in [0.15, 0.2) is 9.95 Å². The van der Waals surface area contributed by atoms with Gasteiger partial charge in [0.05, 0.1) is 17.2 Å². The lowest BCUT2D eigenvalue weighted by Gasteiger charge is -2.15. The van der Waals surface area contributed by atoms with Crippen molar-refractivity contribution in [2.24, 2.45) is 0 Å². The highest BCUT2D eigenvalue weighted by molar-refractivity contribution is 7.99. The second-order valence-electron chi connectivity index (χ2n) is 7.12. The Balaban J connectivity index is 1.93. The van der Waals surface area contributed by atoms with Crippen molar-refractivity contribution in [2.75, 3.05) is 32.9 Å². The number of hydrogen-bond donors (Lipinski definition) is 1. The number of thioether (sulfide) groups is 1. The molecule has 0 aromatic carbocycles. The van der Waals surface area contributed by atoms with Gasteiger partial charge < -0.3 is 10.2 Å². The van der Waals surface area contributed by atoms with Gasteiger partial charge in [0.15, 0.2) is 5.16 Å². The number of carbonyl (C=O) groups excluding carboxylic acids is 1. The van der Waals surface area contributed by atoms with Gasteiger partial charge in [-0.3, -0.25) is 14.2 Å². The topological polar surface area (TPSA) is 91.0 Å². The molecule has 0 bridgehead atoms. The first kappa shape index (κ1) is 20.8. The van der Waals surface area contributed by atoms with Crippen molar-refractivity contribution >= 4 is 39.2 Å². The predicted molar refractivity (Wildman–Crippen MR) is 113 cm³/mol. The highest BCUT2D eigenvalue weighted by atomic mass is 32.2. The maximum atomic E-state index is 13.3. The number of nitrogens with zero attached hydrogens (tertiary/aromatic N) is 4. The minimum Gasteiger partial charge on any atom is -0.342 e. The summed E-state index contributed by atoms with van der Waals surface area (Å²) in [5, 5.41) is 12.5. The quantitative estimate of drug-likeness (QED) is 0.400. The van der Waals surface area contributed by atoms with Gasteiger partial charge in [0.25, 0.3) is 5.56 Å². The van der Waals surface area contributed by atoms with Crippen molar-refractivity contribution in [2.45, 2.75) is 43.8 Å². The molecule has 9 heteroatoms. The van der Waals surface area contributed by atoms with Crippen molar-refractivity contribution in [1.82, 2.24) is 19.8 Å². The number of thiophene rings is 1. The lowest BCUT2D eigenvalue weighted by Crippen LogP contribution is -2.28. The number of fused-ring (bicyclic) bond motifs is 3. The van der Waals surface area contributed by atoms with Crippen LogP contribution in [0.5, 0.6) is 0 Å². The molecule has 1 aliphatic rings. The first-order valence-electron chi connectivity index (χ1n) is 9.47. The van der Waals surface area contributed by atoms with Crippen LogP contribution in [0.1, 0.15) is 29.7 Å². The van der Waals surface area contributed by atoms with E-state index in [1.54, 1.807) is 15.9 Å². The molecule has 0 saturated carbocycles. The zero-order chi connectivity index (χ0) is 20.1. The molecule has 3 rings (SSSR count). The maximum Gasteiger partial charge on any atom is 0.263 e. The minimum absolute atomic E-state index is 0.0147. The molecule has 0 unspecified atom stereocenters. The van der Waals surface area contributed by atoms with Gasteiger partial charge in [0.2, 0.25) is 5.91 Å². The molecule has 7 nitrogen and oxygen atoms in total. The van der Waals surface area contributed by atoms with Gasteiger partial charge in [-0.2, -0.15) is 5.26 Å². The lowest BCUT2D eigenvalue weighted by molar-refractivity contribution is -0.118. The fourth-order valence-corrected chi connectivity index (χ4v) is 5.55. The predicted octanol–water partition coefficient (Wildman–Crippen LogP) is 2.02. The normalized spacial score (nSPS) is 13.5. The van der Waals surface area contributed by atoms with Gasteiger partial charge in [-0.1, -0.05) is 11.8 Å². The fraction of sp³-hybridized carbons (Fsp3) is 0.579. The summed E-state index contributed by atoms with van der Waals surface area (Å²) < 4.78 is 1.73. The molecule has 0 fully saturated rings. The Bertz CT molecular complexity index is 958. The number of nitrogens with one attached hydrogen (secondary N) is 1. The molecule has 0 saturated heterocycles. The van der Waals surface area contributed by atoms with Crippen molar-refractivity contribution < 1.29 is 4.79 Å². The SMILES string of the molecule is CN(C)CCCn1c(SCC(=O)NCC#N)nc2sc3c(c2c1=O)CCCC3. The van der Waals surface area contributed by atoms with Crippen LogP contribution in [0, 0.1) is 11.3 Å². The summed E-state index contributed by atoms with van der Waals surface area (Å²) in [7, 11) is 4.02. The van der Waals surface area contributed by atoms with Crippen molar-refractivity contribution in [3.63, 3.8) is 0 Å². The van der Waals surface area contributed by atoms with Crippen molar-refractivity contribution in [3.05, 3.63) is 20.8 Å². The van der Waals surface area contributed by atoms with Gasteiger partial charge in [0.1, 0.15) is 11.4 Å². The van der Waals surface area contributed by atoms with Gasteiger partial charge in [-0.25, -0.2) is 4.98 Å². The lowest BCUT2D eigenvalue weighted by atomic mass is 9.97. The summed E-state index contributed by atoms with van der Waals surface area (Å²) in [4.78, 5) is 34.2. The number of aromatic nitrogens is 2. The molecule has 1 amide bonds. The molecule has 1 N–H and O–H groups in total. The molecule has 0 radical (unpaired) electrons. The van der Waals surface area contributed by atoms with Gasteiger partial charge in [-0.05, 0) is 58.3 Å². The monoisotopic (exact) mass is 419 g/mol. The second-order valence-corrected chi connectivity index (χ2v) is 9.15. The summed E-state index contributed by atoms with van der Waals surface area (Å²) in [5.41, 5.74) is 1.21. The summed E-state index contributed by atoms with van der Waals surface area (Å²) >= 11 is 2.89. The smallest absolute Gasteiger partial charge is 0.263 e. The molecule has 28 heavy (non-hydrogen) atoms. The highest BCUT2D eigenvalue weighted by Crippen LogP contribution is 2.34. The standard InChI is InChI=1S/C19H25N5O2S2/c1-23(2)10-5-11-24-18(26)16-13-6-3-4-7-14(13)28-17(16)22-19(24)27-12-15(25)21-9-8-20/h3-7,9-12H2,1-2H3,(H,21,25). The van der Waals surface area contributed by atoms with E-state index in [1.165, 1.54) is 22.2 Å². The van der Waals surface area contributed by atoms with E-state index in [1.807, 2.05) is 20.2 Å². The molecule has 0 spiro atoms. The molecular weight excluding hydrogens is 394 g/mol. The van der Waals surface area contributed by atoms with E-state index in [9.17, 15) is 9.59 Å². The third-order valence-electron chi connectivity index (χ3n) is 4.72. The molecule has 0 aliphatic heterocycles. The van der Waals surface area contributed by atoms with E-state index in [0.29, 0.717) is 11.7 Å². The largest absolute Gasteiger partial charge is 0.342 e. The molecule has 2 aromatic heterocycles. The molecule has 2 aromatic rings. The van der Waals surface area contributed by atoms with Crippen LogP contribution in [0.3, 0.4) is 0 Å². The zero-order valence-electron chi connectivity index (χ0n) is 16.3. The van der Waals surface area contributed by atoms with Crippen LogP contribution in [0.25, 0.3) is 10.2 Å². The van der Waals surface area contributed by atoms with E-state index >= 15 is 0 Å². The van der Waals surface area contributed by atoms with Gasteiger partial charge in [0, 0.05) is 11.4 Å². The van der Waals surface area contributed by atoms with E-state index in [-0.39, 0.29) is 23.8 Å². The average Bonchev–Trinajstić information content (AvgIpc) is 3.04. The Morgan fingerprint density at radius 1 is 1.39 bits per heavy atom. The number of nitriles is 1. The Morgan fingerprint density at radius 3 is 2.93 bits per heavy atom. The Kier molecular flexibility index (Phi) is 7.10. The maximum absolute atomic E-state index is 13.3. The van der Waals surface area contributed by atoms with Gasteiger partial charge in [-0.15, -0.1) is 11.3 Å². The summed E-state index contributed by atoms with van der Waals surface area (Å²) in [6, 6.07) is 1.89. The number of aryl methyl sites for hydroxylation is 2. The van der Waals surface area contributed by atoms with Crippen molar-refractivity contribution in [1.29, 1.82) is 5.26 Å². The summed E-state index contributed by atoms with van der Waals surface area (Å²) in [5.74, 6) is -0.0931. The van der Waals surface area contributed by atoms with E-state index in [0.717, 1.165) is 48.9 Å². The van der Waals surface area contributed by atoms with Crippen LogP contribution < -0.4 is 10.9 Å². The summed E-state index contributed by atoms with van der Waals surface area (Å²) in [6.45, 7) is 1.44. The third-order valence-corrected chi connectivity index (χ3v) is 6.89. The van der Waals surface area contributed by atoms with E-state index < -0.39 is 0 Å². The number of carbonyl (C=O) groups is 1. The molecule has 150 valence electrons. The van der Waals surface area contributed by atoms with Crippen LogP contribution in [-0.2, 0) is 24.2 Å². The third kappa shape index (κ3) is 4.74. The molecular formula is C19H25N5O2S2. The first-order chi connectivity index (χ1) is 13.5. The van der Waals surface area contributed by atoms with E-state index in [4.69, 9.17) is 10.2 Å². The van der Waals surface area contributed by atoms with Crippen LogP contribution >= 0.6 is 23.1 Å². The Morgan fingerprint density at radius 2 is 2.18 bits per heavy atom. The van der Waals surface area contributed by atoms with E-state index in [2.05, 4.69) is 10.2 Å². The number of hydrogen-bond acceptors (Lipinski definition) is 7. The average molecular weight is 420 g/mol. The number of rotatable bonds is 8. The van der Waals surface area contributed by atoms with Gasteiger partial charge >= 0.3 is 0 Å². The fourth-order valence-electron chi connectivity index (χ4n) is 3.39. The molecule has 2 heterocycles. The Labute approximate surface area is 172 Å². The second kappa shape index (κ2) is 9.54. The Hall–Kier alpha value is -1.89. The van der Waals surface area contributed by atoms with Crippen LogP contribution in [0.4, 0.5) is 0 Å². The zero-order valence-corrected chi connectivity index (χ0v) is 17.9. The first-order valence-corrected chi connectivity index (χ1v) is 11.3. The van der Waals surface area contributed by atoms with Crippen LogP contribution in [0.2, 0.25) is 0 Å². The summed E-state index contributed by atoms with van der Waals surface area (Å²) in [6.07, 6.45) is 5.09. The molecule has 1 aliphatic carbocycles. The minimum atomic E-state index is -0.230.